The highest BCUT2D eigenvalue weighted by Crippen LogP contribution is 2.27. The van der Waals surface area contributed by atoms with Gasteiger partial charge in [-0.1, -0.05) is 107 Å². The highest BCUT2D eigenvalue weighted by molar-refractivity contribution is 5.83. The monoisotopic (exact) mass is 594 g/mol. The van der Waals surface area contributed by atoms with Crippen molar-refractivity contribution in [3.05, 3.63) is 82.4 Å². The number of unbranched alkanes of at least 4 members (excludes halogenated alkanes) is 2. The van der Waals surface area contributed by atoms with Crippen molar-refractivity contribution < 1.29 is 24.5 Å². The Morgan fingerprint density at radius 3 is 1.81 bits per heavy atom. The molecule has 0 bridgehead atoms. The Kier molecular flexibility index (Phi) is 19.7. The number of aryl methyl sites for hydroxylation is 2. The summed E-state index contributed by atoms with van der Waals surface area (Å²) in [6.45, 7) is 19.6. The molecule has 5 heteroatoms. The molecule has 0 heterocycles. The summed E-state index contributed by atoms with van der Waals surface area (Å²) < 4.78 is 4.80. The van der Waals surface area contributed by atoms with E-state index in [2.05, 4.69) is 65.8 Å². The number of ether oxygens (including phenoxy) is 1. The van der Waals surface area contributed by atoms with Gasteiger partial charge in [-0.05, 0) is 88.6 Å². The van der Waals surface area contributed by atoms with Gasteiger partial charge in [0.25, 0.3) is 0 Å². The van der Waals surface area contributed by atoms with E-state index < -0.39 is 5.97 Å². The Labute approximate surface area is 262 Å². The first-order chi connectivity index (χ1) is 20.2. The van der Waals surface area contributed by atoms with Crippen LogP contribution in [0.3, 0.4) is 0 Å². The minimum atomic E-state index is -0.614. The number of aliphatic hydroxyl groups is 1. The van der Waals surface area contributed by atoms with Crippen molar-refractivity contribution in [1.29, 1.82) is 0 Å². The maximum absolute atomic E-state index is 10.7. The van der Waals surface area contributed by atoms with Crippen LogP contribution in [0.1, 0.15) is 130 Å². The van der Waals surface area contributed by atoms with Gasteiger partial charge in [-0.3, -0.25) is 9.59 Å². The number of hydrogen-bond donors (Lipinski definition) is 2. The number of aliphatic carboxylic acids is 1. The van der Waals surface area contributed by atoms with E-state index in [0.29, 0.717) is 5.76 Å². The van der Waals surface area contributed by atoms with Gasteiger partial charge < -0.3 is 14.9 Å². The molecule has 0 saturated heterocycles. The fourth-order valence-corrected chi connectivity index (χ4v) is 4.43. The molecular formula is C38H58O5. The topological polar surface area (TPSA) is 83.8 Å². The lowest BCUT2D eigenvalue weighted by Crippen LogP contribution is -2.21. The fourth-order valence-electron chi connectivity index (χ4n) is 4.43. The van der Waals surface area contributed by atoms with Gasteiger partial charge in [0.05, 0.1) is 5.92 Å². The molecule has 0 radical (unpaired) electrons. The Balaban J connectivity index is 0.000000737. The predicted octanol–water partition coefficient (Wildman–Crippen LogP) is 10.8. The summed E-state index contributed by atoms with van der Waals surface area (Å²) in [5.74, 6) is -0.601. The molecule has 5 nitrogen and oxygen atoms in total. The molecule has 2 rings (SSSR count). The largest absolute Gasteiger partial charge is 0.507 e. The molecule has 2 aromatic carbocycles. The summed E-state index contributed by atoms with van der Waals surface area (Å²) in [6, 6.07) is 16.5. The van der Waals surface area contributed by atoms with Crippen molar-refractivity contribution in [2.24, 2.45) is 5.92 Å². The van der Waals surface area contributed by atoms with Crippen LogP contribution in [0.4, 0.5) is 0 Å². The molecule has 0 aliphatic heterocycles. The maximum Gasteiger partial charge on any atom is 0.306 e. The van der Waals surface area contributed by atoms with E-state index in [4.69, 9.17) is 9.84 Å². The first-order valence-electron chi connectivity index (χ1n) is 15.9. The zero-order chi connectivity index (χ0) is 33.0. The van der Waals surface area contributed by atoms with Crippen LogP contribution in [0, 0.1) is 12.8 Å². The van der Waals surface area contributed by atoms with Crippen molar-refractivity contribution in [3.63, 3.8) is 0 Å². The van der Waals surface area contributed by atoms with Crippen LogP contribution in [-0.4, -0.2) is 27.8 Å². The lowest BCUT2D eigenvalue weighted by molar-refractivity contribution is -0.152. The van der Waals surface area contributed by atoms with E-state index in [0.717, 1.165) is 73.6 Å². The normalized spacial score (nSPS) is 11.9. The summed E-state index contributed by atoms with van der Waals surface area (Å²) in [5.41, 5.74) is 6.49. The number of aliphatic hydroxyl groups excluding tert-OH is 1. The minimum Gasteiger partial charge on any atom is -0.507 e. The van der Waals surface area contributed by atoms with E-state index in [1.807, 2.05) is 51.1 Å². The number of hydrogen-bond acceptors (Lipinski definition) is 4. The quantitative estimate of drug-likeness (QED) is 0.145. The van der Waals surface area contributed by atoms with Gasteiger partial charge in [0.15, 0.2) is 0 Å². The average Bonchev–Trinajstić information content (AvgIpc) is 2.95. The zero-order valence-electron chi connectivity index (χ0n) is 28.5. The molecule has 240 valence electrons. The molecular weight excluding hydrogens is 536 g/mol. The van der Waals surface area contributed by atoms with E-state index in [1.165, 1.54) is 18.1 Å². The standard InChI is InChI=1S/C22H26O.C10H20O2.C6H12O2/c1-5-16(3)21(19-10-8-7-9-11-19)15-22(23)20-13-12-18(6-2)14-17(20)4;1-3-5-7-9(10(11)12)8-6-4-2;1-5(7)8-6(2,3)4/h7-15,23H,5-6H2,1-4H3;9H,3-8H2,1-2H3,(H,11,12);1-4H3/b21-16-,22-15+;;. The molecule has 0 spiro atoms. The van der Waals surface area contributed by atoms with Gasteiger partial charge in [-0.2, -0.15) is 0 Å². The first kappa shape index (κ1) is 39.7. The minimum absolute atomic E-state index is 0.0927. The number of carboxylic acid groups (broad SMARTS) is 1. The molecule has 2 aromatic rings. The lowest BCUT2D eigenvalue weighted by Gasteiger charge is -2.17. The molecule has 0 aromatic heterocycles. The van der Waals surface area contributed by atoms with Crippen LogP contribution in [0.5, 0.6) is 0 Å². The summed E-state index contributed by atoms with van der Waals surface area (Å²) >= 11 is 0. The predicted molar refractivity (Wildman–Crippen MR) is 182 cm³/mol. The van der Waals surface area contributed by atoms with E-state index in [9.17, 15) is 14.7 Å². The highest BCUT2D eigenvalue weighted by Gasteiger charge is 2.15. The second kappa shape index (κ2) is 21.4. The Morgan fingerprint density at radius 1 is 0.884 bits per heavy atom. The van der Waals surface area contributed by atoms with E-state index >= 15 is 0 Å². The van der Waals surface area contributed by atoms with Crippen LogP contribution < -0.4 is 0 Å². The molecule has 0 unspecified atom stereocenters. The van der Waals surface area contributed by atoms with Crippen LogP contribution in [0.15, 0.2) is 60.2 Å². The molecule has 0 atom stereocenters. The zero-order valence-corrected chi connectivity index (χ0v) is 28.5. The van der Waals surface area contributed by atoms with Crippen molar-refractivity contribution in [3.8, 4) is 0 Å². The molecule has 43 heavy (non-hydrogen) atoms. The molecule has 0 saturated carbocycles. The van der Waals surface area contributed by atoms with Crippen molar-refractivity contribution in [2.45, 2.75) is 126 Å². The molecule has 0 aliphatic carbocycles. The molecule has 0 amide bonds. The van der Waals surface area contributed by atoms with Crippen LogP contribution in [-0.2, 0) is 20.7 Å². The van der Waals surface area contributed by atoms with Crippen LogP contribution >= 0.6 is 0 Å². The number of benzene rings is 2. The molecule has 2 N–H and O–H groups in total. The number of carbonyl (C=O) groups excluding carboxylic acids is 1. The van der Waals surface area contributed by atoms with Gasteiger partial charge in [-0.25, -0.2) is 0 Å². The summed E-state index contributed by atoms with van der Waals surface area (Å²) in [4.78, 5) is 20.9. The van der Waals surface area contributed by atoms with E-state index in [-0.39, 0.29) is 17.5 Å². The van der Waals surface area contributed by atoms with E-state index in [1.54, 1.807) is 0 Å². The smallest absolute Gasteiger partial charge is 0.306 e. The highest BCUT2D eigenvalue weighted by atomic mass is 16.6. The van der Waals surface area contributed by atoms with Gasteiger partial charge >= 0.3 is 11.9 Å². The number of allylic oxidation sites excluding steroid dienone is 3. The molecule has 0 aliphatic rings. The molecule has 0 fully saturated rings. The Morgan fingerprint density at radius 2 is 1.44 bits per heavy atom. The summed E-state index contributed by atoms with van der Waals surface area (Å²) in [6.07, 6.45) is 9.85. The van der Waals surface area contributed by atoms with Gasteiger partial charge in [-0.15, -0.1) is 0 Å². The Hall–Kier alpha value is -3.34. The summed E-state index contributed by atoms with van der Waals surface area (Å²) in [7, 11) is 0. The van der Waals surface area contributed by atoms with Gasteiger partial charge in [0.1, 0.15) is 11.4 Å². The fraction of sp³-hybridized carbons (Fsp3) is 0.526. The summed E-state index contributed by atoms with van der Waals surface area (Å²) in [5, 5.41) is 19.5. The van der Waals surface area contributed by atoms with Crippen LogP contribution in [0.2, 0.25) is 0 Å². The number of carboxylic acids is 1. The lowest BCUT2D eigenvalue weighted by atomic mass is 9.96. The van der Waals surface area contributed by atoms with Crippen molar-refractivity contribution >= 4 is 23.3 Å². The van der Waals surface area contributed by atoms with Crippen LogP contribution in [0.25, 0.3) is 11.3 Å². The Bertz CT molecular complexity index is 1140. The van der Waals surface area contributed by atoms with Gasteiger partial charge in [0.2, 0.25) is 0 Å². The van der Waals surface area contributed by atoms with Gasteiger partial charge in [0, 0.05) is 12.5 Å². The maximum atomic E-state index is 10.7. The number of rotatable bonds is 12. The third-order valence-corrected chi connectivity index (χ3v) is 6.94. The number of carbonyl (C=O) groups is 2. The van der Waals surface area contributed by atoms with Crippen molar-refractivity contribution in [2.75, 3.05) is 0 Å². The third-order valence-electron chi connectivity index (χ3n) is 6.94. The third kappa shape index (κ3) is 17.4. The SMILES string of the molecule is CC(=O)OC(C)(C)C.CC/C(C)=C(/C=C(/O)c1ccc(CC)cc1C)c1ccccc1.CCCCC(CCCC)C(=O)O. The number of esters is 1. The second-order valence-electron chi connectivity index (χ2n) is 12.0. The second-order valence-corrected chi connectivity index (χ2v) is 12.0. The van der Waals surface area contributed by atoms with Crippen molar-refractivity contribution in [1.82, 2.24) is 0 Å². The average molecular weight is 595 g/mol. The first-order valence-corrected chi connectivity index (χ1v) is 15.9.